The van der Waals surface area contributed by atoms with Crippen LogP contribution in [0.25, 0.3) is 22.3 Å². The van der Waals surface area contributed by atoms with Crippen LogP contribution in [0.5, 0.6) is 17.2 Å². The molecular formula is C23H24O8. The van der Waals surface area contributed by atoms with E-state index >= 15 is 0 Å². The zero-order valence-electron chi connectivity index (χ0n) is 17.3. The van der Waals surface area contributed by atoms with Gasteiger partial charge in [-0.05, 0) is 43.5 Å². The molecule has 1 heterocycles. The van der Waals surface area contributed by atoms with Gasteiger partial charge < -0.3 is 28.8 Å². The molecule has 8 heteroatoms. The number of aliphatic hydroxyl groups is 1. The van der Waals surface area contributed by atoms with Crippen LogP contribution in [0, 0.1) is 0 Å². The Balaban J connectivity index is 2.04. The van der Waals surface area contributed by atoms with E-state index in [9.17, 15) is 19.8 Å². The fourth-order valence-electron chi connectivity index (χ4n) is 3.22. The second-order valence-electron chi connectivity index (χ2n) is 6.73. The van der Waals surface area contributed by atoms with E-state index in [1.807, 2.05) is 6.07 Å². The first-order valence-electron chi connectivity index (χ1n) is 9.84. The first kappa shape index (κ1) is 22.2. The Hall–Kier alpha value is -3.52. The van der Waals surface area contributed by atoms with Gasteiger partial charge in [0.15, 0.2) is 12.0 Å². The number of rotatable bonds is 9. The first-order valence-corrected chi connectivity index (χ1v) is 9.84. The zero-order chi connectivity index (χ0) is 22.4. The normalized spacial score (nSPS) is 10.8. The Labute approximate surface area is 178 Å². The highest BCUT2D eigenvalue weighted by atomic mass is 16.6. The van der Waals surface area contributed by atoms with Crippen LogP contribution >= 0.6 is 0 Å². The molecule has 2 N–H and O–H groups in total. The van der Waals surface area contributed by atoms with E-state index in [1.165, 1.54) is 18.2 Å². The van der Waals surface area contributed by atoms with E-state index in [0.29, 0.717) is 29.9 Å². The molecule has 31 heavy (non-hydrogen) atoms. The molecule has 0 fully saturated rings. The molecule has 164 valence electrons. The molecule has 0 unspecified atom stereocenters. The van der Waals surface area contributed by atoms with Crippen molar-refractivity contribution in [3.63, 3.8) is 0 Å². The number of hydrogen-bond acceptors (Lipinski definition) is 8. The summed E-state index contributed by atoms with van der Waals surface area (Å²) >= 11 is 0. The van der Waals surface area contributed by atoms with Gasteiger partial charge in [0, 0.05) is 30.4 Å². The van der Waals surface area contributed by atoms with E-state index in [1.54, 1.807) is 26.2 Å². The van der Waals surface area contributed by atoms with Crippen molar-refractivity contribution in [2.24, 2.45) is 0 Å². The molecule has 2 aromatic carbocycles. The molecule has 0 spiro atoms. The molecule has 0 bridgehead atoms. The lowest BCUT2D eigenvalue weighted by atomic mass is 10.00. The lowest BCUT2D eigenvalue weighted by molar-refractivity contribution is -0.145. The van der Waals surface area contributed by atoms with Crippen molar-refractivity contribution in [3.8, 4) is 28.6 Å². The summed E-state index contributed by atoms with van der Waals surface area (Å²) < 4.78 is 21.4. The van der Waals surface area contributed by atoms with Gasteiger partial charge in [0.05, 0.1) is 13.7 Å². The summed E-state index contributed by atoms with van der Waals surface area (Å²) in [4.78, 5) is 24.2. The monoisotopic (exact) mass is 428 g/mol. The maximum Gasteiger partial charge on any atom is 0.344 e. The minimum absolute atomic E-state index is 0.0117. The Kier molecular flexibility index (Phi) is 7.15. The van der Waals surface area contributed by atoms with Gasteiger partial charge in [0.2, 0.25) is 0 Å². The number of phenols is 1. The molecular weight excluding hydrogens is 404 g/mol. The van der Waals surface area contributed by atoms with Crippen LogP contribution in [-0.4, -0.2) is 43.1 Å². The summed E-state index contributed by atoms with van der Waals surface area (Å²) in [6.45, 7) is 1.59. The molecule has 3 aromatic rings. The fraction of sp³-hybridized carbons (Fsp3) is 0.304. The average molecular weight is 428 g/mol. The highest BCUT2D eigenvalue weighted by molar-refractivity contribution is 5.86. The number of carbonyl (C=O) groups is 1. The van der Waals surface area contributed by atoms with Crippen LogP contribution in [0.15, 0.2) is 45.6 Å². The van der Waals surface area contributed by atoms with Crippen LogP contribution in [-0.2, 0) is 16.0 Å². The summed E-state index contributed by atoms with van der Waals surface area (Å²) in [5, 5.41) is 19.5. The molecule has 0 atom stereocenters. The predicted molar refractivity (Wildman–Crippen MR) is 114 cm³/mol. The molecule has 1 aromatic heterocycles. The summed E-state index contributed by atoms with van der Waals surface area (Å²) in [7, 11) is 1.56. The van der Waals surface area contributed by atoms with Gasteiger partial charge in [-0.25, -0.2) is 4.79 Å². The minimum Gasteiger partial charge on any atom is -0.507 e. The smallest absolute Gasteiger partial charge is 0.344 e. The standard InChI is InChI=1S/C23H24O8/c1-3-29-22(27)13-30-16-10-18(25)23-19(26)12-20(31-21(23)11-16)17-7-6-15(28-2)9-14(17)5-4-8-24/h6-7,9-12,24-25H,3-5,8,13H2,1-2H3. The number of carbonyl (C=O) groups excluding carboxylic acids is 1. The Morgan fingerprint density at radius 2 is 1.94 bits per heavy atom. The van der Waals surface area contributed by atoms with Crippen molar-refractivity contribution >= 4 is 16.9 Å². The van der Waals surface area contributed by atoms with Crippen molar-refractivity contribution < 1.29 is 33.6 Å². The third-order valence-electron chi connectivity index (χ3n) is 4.63. The fourth-order valence-corrected chi connectivity index (χ4v) is 3.22. The first-order chi connectivity index (χ1) is 15.0. The number of aryl methyl sites for hydroxylation is 1. The number of esters is 1. The number of methoxy groups -OCH3 is 1. The topological polar surface area (TPSA) is 115 Å². The maximum atomic E-state index is 12.7. The highest BCUT2D eigenvalue weighted by Gasteiger charge is 2.16. The number of hydrogen-bond donors (Lipinski definition) is 2. The van der Waals surface area contributed by atoms with E-state index in [4.69, 9.17) is 18.6 Å². The molecule has 3 rings (SSSR count). The number of ether oxygens (including phenoxy) is 3. The molecule has 8 nitrogen and oxygen atoms in total. The lowest BCUT2D eigenvalue weighted by Gasteiger charge is -2.12. The molecule has 0 amide bonds. The van der Waals surface area contributed by atoms with Gasteiger partial charge in [0.1, 0.15) is 34.0 Å². The van der Waals surface area contributed by atoms with Crippen LogP contribution in [0.2, 0.25) is 0 Å². The Morgan fingerprint density at radius 1 is 1.13 bits per heavy atom. The third kappa shape index (κ3) is 5.16. The number of fused-ring (bicyclic) bond motifs is 1. The average Bonchev–Trinajstić information content (AvgIpc) is 2.75. The van der Waals surface area contributed by atoms with Gasteiger partial charge in [-0.3, -0.25) is 4.79 Å². The number of aliphatic hydroxyl groups excluding tert-OH is 1. The van der Waals surface area contributed by atoms with Crippen LogP contribution in [0.3, 0.4) is 0 Å². The summed E-state index contributed by atoms with van der Waals surface area (Å²) in [5.41, 5.74) is 1.21. The second kappa shape index (κ2) is 9.99. The minimum atomic E-state index is -0.552. The molecule has 0 radical (unpaired) electrons. The summed E-state index contributed by atoms with van der Waals surface area (Å²) in [6.07, 6.45) is 1.09. The summed E-state index contributed by atoms with van der Waals surface area (Å²) in [5.74, 6) is 0.242. The van der Waals surface area contributed by atoms with Gasteiger partial charge in [-0.1, -0.05) is 0 Å². The lowest BCUT2D eigenvalue weighted by Crippen LogP contribution is -2.14. The zero-order valence-corrected chi connectivity index (χ0v) is 17.3. The number of benzene rings is 2. The van der Waals surface area contributed by atoms with Crippen molar-refractivity contribution in [2.45, 2.75) is 19.8 Å². The molecule has 0 saturated heterocycles. The highest BCUT2D eigenvalue weighted by Crippen LogP contribution is 2.33. The molecule has 0 saturated carbocycles. The van der Waals surface area contributed by atoms with Gasteiger partial charge >= 0.3 is 5.97 Å². The van der Waals surface area contributed by atoms with E-state index in [0.717, 1.165) is 5.56 Å². The molecule has 0 aliphatic heterocycles. The maximum absolute atomic E-state index is 12.7. The largest absolute Gasteiger partial charge is 0.507 e. The van der Waals surface area contributed by atoms with Crippen molar-refractivity contribution in [2.75, 3.05) is 26.9 Å². The number of aromatic hydroxyl groups is 1. The van der Waals surface area contributed by atoms with Crippen LogP contribution < -0.4 is 14.9 Å². The van der Waals surface area contributed by atoms with Crippen LogP contribution in [0.1, 0.15) is 18.9 Å². The van der Waals surface area contributed by atoms with Gasteiger partial charge in [-0.2, -0.15) is 0 Å². The van der Waals surface area contributed by atoms with Crippen LogP contribution in [0.4, 0.5) is 0 Å². The third-order valence-corrected chi connectivity index (χ3v) is 4.63. The number of phenolic OH excluding ortho intramolecular Hbond substituents is 1. The predicted octanol–water partition coefficient (Wildman–Crippen LogP) is 3.04. The molecule has 0 aliphatic carbocycles. The van der Waals surface area contributed by atoms with Crippen molar-refractivity contribution in [1.82, 2.24) is 0 Å². The van der Waals surface area contributed by atoms with E-state index in [-0.39, 0.29) is 42.3 Å². The van der Waals surface area contributed by atoms with Gasteiger partial charge in [-0.15, -0.1) is 0 Å². The summed E-state index contributed by atoms with van der Waals surface area (Å²) in [6, 6.07) is 9.35. The Morgan fingerprint density at radius 3 is 2.65 bits per heavy atom. The van der Waals surface area contributed by atoms with Gasteiger partial charge in [0.25, 0.3) is 0 Å². The Bertz CT molecular complexity index is 1130. The van der Waals surface area contributed by atoms with Crippen molar-refractivity contribution in [3.05, 3.63) is 52.2 Å². The second-order valence-corrected chi connectivity index (χ2v) is 6.73. The van der Waals surface area contributed by atoms with Crippen molar-refractivity contribution in [1.29, 1.82) is 0 Å². The SMILES string of the molecule is CCOC(=O)COc1cc(O)c2c(=O)cc(-c3ccc(OC)cc3CCCO)oc2c1. The molecule has 0 aliphatic rings. The van der Waals surface area contributed by atoms with E-state index < -0.39 is 11.4 Å². The quantitative estimate of drug-likeness (QED) is 0.500. The van der Waals surface area contributed by atoms with E-state index in [2.05, 4.69) is 0 Å².